The molecule has 6 nitrogen and oxygen atoms in total. The standard InChI is InChI=1S/C36H56O6Si/c1-27-12-8-14-30-15-10-16-31(40-30)17-11-19-35(38)41-33(18-9-13-29(24-27)26-37)34(42-43(6,7)36(3,4)5)21-20-32-25-28(2)22-23-39-32/h9-11,13,16,19-22,29-34,37H,1,8,12,14-15,17-18,23-26H2,2-7H3. The van der Waals surface area contributed by atoms with Crippen LogP contribution in [0.3, 0.4) is 0 Å². The van der Waals surface area contributed by atoms with Crippen molar-refractivity contribution in [2.45, 2.75) is 128 Å². The number of fused-ring (bicyclic) bond motifs is 2. The van der Waals surface area contributed by atoms with Gasteiger partial charge in [-0.15, -0.1) is 0 Å². The summed E-state index contributed by atoms with van der Waals surface area (Å²) in [5, 5.41) is 10.1. The Hall–Kier alpha value is -2.03. The van der Waals surface area contributed by atoms with Crippen LogP contribution in [0.1, 0.15) is 79.1 Å². The van der Waals surface area contributed by atoms with Gasteiger partial charge in [0.1, 0.15) is 12.2 Å². The molecule has 0 saturated carbocycles. The topological polar surface area (TPSA) is 74.2 Å². The van der Waals surface area contributed by atoms with Crippen molar-refractivity contribution < 1.29 is 28.5 Å². The highest BCUT2D eigenvalue weighted by Crippen LogP contribution is 2.38. The van der Waals surface area contributed by atoms with Crippen LogP contribution in [0.25, 0.3) is 0 Å². The van der Waals surface area contributed by atoms with E-state index >= 15 is 0 Å². The number of hydrogen-bond donors (Lipinski definition) is 1. The first-order valence-electron chi connectivity index (χ1n) is 16.1. The first-order chi connectivity index (χ1) is 20.4. The fourth-order valence-corrected chi connectivity index (χ4v) is 6.59. The average Bonchev–Trinajstić information content (AvgIpc) is 2.93. The number of cyclic esters (lactones) is 1. The second kappa shape index (κ2) is 16.9. The molecule has 6 unspecified atom stereocenters. The normalized spacial score (nSPS) is 29.6. The first kappa shape index (κ1) is 35.4. The van der Waals surface area contributed by atoms with E-state index in [-0.39, 0.29) is 35.9 Å². The Kier molecular flexibility index (Phi) is 13.9. The number of carbonyl (C=O) groups is 1. The Morgan fingerprint density at radius 1 is 1.14 bits per heavy atom. The second-order valence-electron chi connectivity index (χ2n) is 13.9. The molecule has 7 heteroatoms. The van der Waals surface area contributed by atoms with E-state index in [4.69, 9.17) is 18.6 Å². The summed E-state index contributed by atoms with van der Waals surface area (Å²) < 4.78 is 25.3. The molecule has 0 aliphatic carbocycles. The summed E-state index contributed by atoms with van der Waals surface area (Å²) in [7, 11) is -2.24. The van der Waals surface area contributed by atoms with Gasteiger partial charge in [0.15, 0.2) is 8.32 Å². The first-order valence-corrected chi connectivity index (χ1v) is 19.0. The van der Waals surface area contributed by atoms with E-state index in [1.807, 2.05) is 24.3 Å². The SMILES string of the molecule is C=C1CCCC2CC=CC(CC=CC(=O)OC(C(C=CC3CC(C)=CCO3)O[Si](C)(C)C(C)(C)C)CC=CC(CO)C1)O2. The maximum atomic E-state index is 13.2. The number of aliphatic hydroxyl groups excluding tert-OH is 1. The predicted octanol–water partition coefficient (Wildman–Crippen LogP) is 7.93. The minimum atomic E-state index is -2.24. The van der Waals surface area contributed by atoms with E-state index in [0.29, 0.717) is 19.4 Å². The molecule has 240 valence electrons. The third kappa shape index (κ3) is 12.1. The van der Waals surface area contributed by atoms with Gasteiger partial charge in [-0.25, -0.2) is 4.79 Å². The Labute approximate surface area is 261 Å². The van der Waals surface area contributed by atoms with Crippen LogP contribution in [0.2, 0.25) is 18.1 Å². The largest absolute Gasteiger partial charge is 0.456 e. The van der Waals surface area contributed by atoms with E-state index < -0.39 is 26.5 Å². The summed E-state index contributed by atoms with van der Waals surface area (Å²) in [5.74, 6) is -0.436. The minimum Gasteiger partial charge on any atom is -0.456 e. The van der Waals surface area contributed by atoms with Crippen LogP contribution in [-0.4, -0.2) is 63.1 Å². The van der Waals surface area contributed by atoms with Crippen molar-refractivity contribution in [1.82, 2.24) is 0 Å². The third-order valence-electron chi connectivity index (χ3n) is 9.01. The summed E-state index contributed by atoms with van der Waals surface area (Å²) in [6.07, 6.45) is 23.5. The molecule has 6 atom stereocenters. The van der Waals surface area contributed by atoms with Crippen LogP contribution >= 0.6 is 0 Å². The van der Waals surface area contributed by atoms with Gasteiger partial charge in [-0.05, 0) is 70.0 Å². The lowest BCUT2D eigenvalue weighted by atomic mass is 9.95. The fraction of sp³-hybridized carbons (Fsp3) is 0.639. The number of allylic oxidation sites excluding steroid dienone is 1. The average molecular weight is 613 g/mol. The molecular formula is C36H56O6Si. The Balaban J connectivity index is 1.90. The number of rotatable bonds is 6. The van der Waals surface area contributed by atoms with Crippen molar-refractivity contribution >= 4 is 14.3 Å². The Morgan fingerprint density at radius 3 is 2.63 bits per heavy atom. The van der Waals surface area contributed by atoms with E-state index in [1.54, 1.807) is 0 Å². The molecule has 0 aromatic carbocycles. The molecule has 3 aliphatic rings. The lowest BCUT2D eigenvalue weighted by Gasteiger charge is -2.40. The third-order valence-corrected chi connectivity index (χ3v) is 13.5. The highest BCUT2D eigenvalue weighted by molar-refractivity contribution is 6.74. The van der Waals surface area contributed by atoms with Gasteiger partial charge in [0.2, 0.25) is 0 Å². The van der Waals surface area contributed by atoms with Crippen molar-refractivity contribution in [1.29, 1.82) is 0 Å². The van der Waals surface area contributed by atoms with Gasteiger partial charge in [-0.2, -0.15) is 0 Å². The van der Waals surface area contributed by atoms with Crippen molar-refractivity contribution in [2.24, 2.45) is 5.92 Å². The number of carbonyl (C=O) groups excluding carboxylic acids is 1. The molecule has 0 aromatic heterocycles. The molecule has 0 spiro atoms. The van der Waals surface area contributed by atoms with Crippen molar-refractivity contribution in [3.05, 3.63) is 72.4 Å². The smallest absolute Gasteiger partial charge is 0.330 e. The summed E-state index contributed by atoms with van der Waals surface area (Å²) in [5.41, 5.74) is 2.44. The molecule has 3 aliphatic heterocycles. The molecule has 3 rings (SSSR count). The monoisotopic (exact) mass is 612 g/mol. The van der Waals surface area contributed by atoms with Gasteiger partial charge >= 0.3 is 5.97 Å². The van der Waals surface area contributed by atoms with Crippen LogP contribution in [0.5, 0.6) is 0 Å². The predicted molar refractivity (Wildman–Crippen MR) is 177 cm³/mol. The van der Waals surface area contributed by atoms with Gasteiger partial charge in [-0.1, -0.05) is 87.1 Å². The number of aliphatic hydroxyl groups is 1. The molecule has 0 fully saturated rings. The molecule has 0 radical (unpaired) electrons. The summed E-state index contributed by atoms with van der Waals surface area (Å²) in [6.45, 7) is 18.1. The van der Waals surface area contributed by atoms with E-state index in [0.717, 1.165) is 44.1 Å². The summed E-state index contributed by atoms with van der Waals surface area (Å²) >= 11 is 0. The Bertz CT molecular complexity index is 1060. The molecule has 0 amide bonds. The van der Waals surface area contributed by atoms with Gasteiger partial charge in [0.05, 0.1) is 24.9 Å². The van der Waals surface area contributed by atoms with Crippen molar-refractivity contribution in [3.8, 4) is 0 Å². The molecular weight excluding hydrogens is 556 g/mol. The zero-order chi connectivity index (χ0) is 31.5. The lowest BCUT2D eigenvalue weighted by molar-refractivity contribution is -0.146. The number of ether oxygens (including phenoxy) is 3. The number of hydrogen-bond acceptors (Lipinski definition) is 6. The zero-order valence-electron chi connectivity index (χ0n) is 27.4. The van der Waals surface area contributed by atoms with Crippen LogP contribution in [0.15, 0.2) is 72.4 Å². The van der Waals surface area contributed by atoms with Gasteiger partial charge in [0, 0.05) is 25.0 Å². The van der Waals surface area contributed by atoms with Crippen molar-refractivity contribution in [2.75, 3.05) is 13.2 Å². The highest BCUT2D eigenvalue weighted by atomic mass is 28.4. The number of esters is 1. The second-order valence-corrected chi connectivity index (χ2v) is 18.6. The summed E-state index contributed by atoms with van der Waals surface area (Å²) in [6, 6.07) is 0. The molecule has 43 heavy (non-hydrogen) atoms. The summed E-state index contributed by atoms with van der Waals surface area (Å²) in [4.78, 5) is 13.2. The molecule has 1 N–H and O–H groups in total. The van der Waals surface area contributed by atoms with Crippen LogP contribution in [0.4, 0.5) is 0 Å². The van der Waals surface area contributed by atoms with Crippen molar-refractivity contribution in [3.63, 3.8) is 0 Å². The van der Waals surface area contributed by atoms with E-state index in [2.05, 4.69) is 71.7 Å². The molecule has 3 heterocycles. The zero-order valence-corrected chi connectivity index (χ0v) is 28.4. The quantitative estimate of drug-likeness (QED) is 0.187. The molecule has 0 aromatic rings. The van der Waals surface area contributed by atoms with Crippen LogP contribution in [0, 0.1) is 5.92 Å². The maximum absolute atomic E-state index is 13.2. The van der Waals surface area contributed by atoms with Gasteiger partial charge in [0.25, 0.3) is 0 Å². The van der Waals surface area contributed by atoms with Gasteiger partial charge < -0.3 is 23.7 Å². The molecule has 0 saturated heterocycles. The lowest BCUT2D eigenvalue weighted by Crippen LogP contribution is -2.47. The maximum Gasteiger partial charge on any atom is 0.330 e. The van der Waals surface area contributed by atoms with Crippen LogP contribution < -0.4 is 0 Å². The minimum absolute atomic E-state index is 0.0250. The van der Waals surface area contributed by atoms with Gasteiger partial charge in [-0.3, -0.25) is 0 Å². The van der Waals surface area contributed by atoms with Crippen LogP contribution in [-0.2, 0) is 23.4 Å². The molecule has 2 bridgehead atoms. The highest BCUT2D eigenvalue weighted by Gasteiger charge is 2.41. The Morgan fingerprint density at radius 2 is 1.91 bits per heavy atom. The van der Waals surface area contributed by atoms with E-state index in [9.17, 15) is 9.90 Å². The fourth-order valence-electron chi connectivity index (χ4n) is 5.32. The van der Waals surface area contributed by atoms with E-state index in [1.165, 1.54) is 11.6 Å².